The lowest BCUT2D eigenvalue weighted by Gasteiger charge is -2.42. The molecular formula is C27H43N3O2. The molecule has 0 saturated carbocycles. The van der Waals surface area contributed by atoms with Gasteiger partial charge in [0.25, 0.3) is 0 Å². The highest BCUT2D eigenvalue weighted by atomic mass is 16.2. The Hall–Kier alpha value is -1.88. The highest BCUT2D eigenvalue weighted by molar-refractivity contribution is 5.78. The van der Waals surface area contributed by atoms with E-state index in [-0.39, 0.29) is 11.8 Å². The predicted molar refractivity (Wildman–Crippen MR) is 130 cm³/mol. The minimum absolute atomic E-state index is 0.148. The number of unbranched alkanes of at least 4 members (excludes halogenated alkanes) is 4. The number of amides is 2. The second-order valence-corrected chi connectivity index (χ2v) is 9.77. The highest BCUT2D eigenvalue weighted by Gasteiger charge is 2.32. The van der Waals surface area contributed by atoms with Crippen molar-refractivity contribution in [2.24, 2.45) is 5.92 Å². The van der Waals surface area contributed by atoms with E-state index in [1.165, 1.54) is 31.2 Å². The summed E-state index contributed by atoms with van der Waals surface area (Å²) in [6, 6.07) is 10.8. The maximum Gasteiger partial charge on any atom is 0.225 e. The smallest absolute Gasteiger partial charge is 0.225 e. The van der Waals surface area contributed by atoms with Crippen molar-refractivity contribution in [1.29, 1.82) is 0 Å². The van der Waals surface area contributed by atoms with Crippen LogP contribution >= 0.6 is 0 Å². The fraction of sp³-hybridized carbons (Fsp3) is 0.704. The maximum atomic E-state index is 12.9. The normalized spacial score (nSPS) is 18.6. The first-order chi connectivity index (χ1) is 15.6. The molecule has 2 heterocycles. The van der Waals surface area contributed by atoms with Crippen molar-refractivity contribution in [2.75, 3.05) is 33.2 Å². The van der Waals surface area contributed by atoms with E-state index >= 15 is 0 Å². The summed E-state index contributed by atoms with van der Waals surface area (Å²) in [4.78, 5) is 32.0. The summed E-state index contributed by atoms with van der Waals surface area (Å²) in [6.07, 6.45) is 10.8. The molecule has 2 aliphatic heterocycles. The van der Waals surface area contributed by atoms with Gasteiger partial charge in [-0.1, -0.05) is 62.9 Å². The topological polar surface area (TPSA) is 43.9 Å². The molecule has 5 heteroatoms. The van der Waals surface area contributed by atoms with Gasteiger partial charge >= 0.3 is 0 Å². The van der Waals surface area contributed by atoms with E-state index in [0.29, 0.717) is 18.5 Å². The summed E-state index contributed by atoms with van der Waals surface area (Å²) < 4.78 is 0. The van der Waals surface area contributed by atoms with Gasteiger partial charge in [-0.05, 0) is 50.8 Å². The zero-order chi connectivity index (χ0) is 22.8. The first-order valence-electron chi connectivity index (χ1n) is 12.9. The lowest BCUT2D eigenvalue weighted by atomic mass is 9.92. The van der Waals surface area contributed by atoms with E-state index < -0.39 is 0 Å². The largest absolute Gasteiger partial charge is 0.343 e. The molecule has 32 heavy (non-hydrogen) atoms. The number of carbonyl (C=O) groups excluding carboxylic acids is 2. The first kappa shape index (κ1) is 24.8. The lowest BCUT2D eigenvalue weighted by molar-refractivity contribution is -0.137. The predicted octanol–water partition coefficient (Wildman–Crippen LogP) is 4.71. The molecule has 3 rings (SSSR count). The SMILES string of the molecule is CCCCCCCC(=O)N1CCC(N2CCC(C(=O)N(C)Cc3ccccc3)CC2)CC1. The maximum absolute atomic E-state index is 12.9. The second kappa shape index (κ2) is 13.0. The summed E-state index contributed by atoms with van der Waals surface area (Å²) in [5, 5.41) is 0. The van der Waals surface area contributed by atoms with Crippen molar-refractivity contribution in [2.45, 2.75) is 83.7 Å². The number of rotatable bonds is 10. The van der Waals surface area contributed by atoms with E-state index in [1.54, 1.807) is 0 Å². The molecule has 2 aliphatic rings. The van der Waals surface area contributed by atoms with Gasteiger partial charge in [0.2, 0.25) is 11.8 Å². The summed E-state index contributed by atoms with van der Waals surface area (Å²) in [5.41, 5.74) is 1.18. The quantitative estimate of drug-likeness (QED) is 0.494. The molecule has 1 aromatic rings. The van der Waals surface area contributed by atoms with Crippen LogP contribution in [-0.2, 0) is 16.1 Å². The van der Waals surface area contributed by atoms with Crippen LogP contribution in [-0.4, -0.2) is 65.8 Å². The summed E-state index contributed by atoms with van der Waals surface area (Å²) in [5.74, 6) is 0.785. The van der Waals surface area contributed by atoms with E-state index in [4.69, 9.17) is 0 Å². The third-order valence-corrected chi connectivity index (χ3v) is 7.35. The van der Waals surface area contributed by atoms with Crippen molar-refractivity contribution in [3.05, 3.63) is 35.9 Å². The molecule has 5 nitrogen and oxygen atoms in total. The van der Waals surface area contributed by atoms with Crippen molar-refractivity contribution < 1.29 is 9.59 Å². The van der Waals surface area contributed by atoms with Gasteiger partial charge in [0.15, 0.2) is 0 Å². The molecule has 0 atom stereocenters. The zero-order valence-corrected chi connectivity index (χ0v) is 20.3. The van der Waals surface area contributed by atoms with E-state index in [0.717, 1.165) is 64.7 Å². The third-order valence-electron chi connectivity index (χ3n) is 7.35. The van der Waals surface area contributed by atoms with E-state index in [2.05, 4.69) is 28.9 Å². The lowest BCUT2D eigenvalue weighted by Crippen LogP contribution is -2.50. The van der Waals surface area contributed by atoms with Crippen molar-refractivity contribution in [3.63, 3.8) is 0 Å². The molecular weight excluding hydrogens is 398 g/mol. The molecule has 0 N–H and O–H groups in total. The first-order valence-corrected chi connectivity index (χ1v) is 12.9. The van der Waals surface area contributed by atoms with Gasteiger partial charge in [-0.3, -0.25) is 9.59 Å². The minimum Gasteiger partial charge on any atom is -0.343 e. The van der Waals surface area contributed by atoms with Crippen molar-refractivity contribution in [1.82, 2.24) is 14.7 Å². The minimum atomic E-state index is 0.148. The van der Waals surface area contributed by atoms with Crippen molar-refractivity contribution in [3.8, 4) is 0 Å². The Balaban J connectivity index is 1.34. The van der Waals surface area contributed by atoms with E-state index in [1.807, 2.05) is 30.1 Å². The summed E-state index contributed by atoms with van der Waals surface area (Å²) >= 11 is 0. The fourth-order valence-electron chi connectivity index (χ4n) is 5.28. The van der Waals surface area contributed by atoms with Crippen LogP contribution in [0.2, 0.25) is 0 Å². The number of piperidine rings is 2. The Labute approximate surface area is 195 Å². The number of carbonyl (C=O) groups is 2. The van der Waals surface area contributed by atoms with Crippen LogP contribution in [0.5, 0.6) is 0 Å². The average molecular weight is 442 g/mol. The number of likely N-dealkylation sites (tertiary alicyclic amines) is 2. The molecule has 0 unspecified atom stereocenters. The Morgan fingerprint density at radius 2 is 1.56 bits per heavy atom. The molecule has 1 aromatic carbocycles. The molecule has 0 spiro atoms. The van der Waals surface area contributed by atoms with Crippen molar-refractivity contribution >= 4 is 11.8 Å². The number of benzene rings is 1. The number of hydrogen-bond donors (Lipinski definition) is 0. The Morgan fingerprint density at radius 1 is 0.906 bits per heavy atom. The third kappa shape index (κ3) is 7.33. The molecule has 2 amide bonds. The van der Waals surface area contributed by atoms with Crippen LogP contribution in [0.1, 0.15) is 76.7 Å². The zero-order valence-electron chi connectivity index (χ0n) is 20.3. The highest BCUT2D eigenvalue weighted by Crippen LogP contribution is 2.26. The molecule has 0 aliphatic carbocycles. The molecule has 2 saturated heterocycles. The van der Waals surface area contributed by atoms with Gasteiger partial charge in [0.05, 0.1) is 0 Å². The Kier molecular flexibility index (Phi) is 10.0. The molecule has 0 bridgehead atoms. The number of hydrogen-bond acceptors (Lipinski definition) is 3. The molecule has 0 radical (unpaired) electrons. The van der Waals surface area contributed by atoms with Crippen LogP contribution in [0.25, 0.3) is 0 Å². The average Bonchev–Trinajstić information content (AvgIpc) is 2.84. The molecule has 0 aromatic heterocycles. The van der Waals surface area contributed by atoms with Crippen LogP contribution in [0.4, 0.5) is 0 Å². The monoisotopic (exact) mass is 441 g/mol. The molecule has 2 fully saturated rings. The van der Waals surface area contributed by atoms with Crippen LogP contribution in [0.15, 0.2) is 30.3 Å². The van der Waals surface area contributed by atoms with Gasteiger partial charge in [0.1, 0.15) is 0 Å². The standard InChI is InChI=1S/C27H43N3O2/c1-3-4-5-6-10-13-26(31)30-20-16-25(17-21-30)29-18-14-24(15-19-29)27(32)28(2)22-23-11-8-7-9-12-23/h7-9,11-12,24-25H,3-6,10,13-22H2,1-2H3. The van der Waals surface area contributed by atoms with Crippen LogP contribution in [0.3, 0.4) is 0 Å². The van der Waals surface area contributed by atoms with Gasteiger partial charge in [-0.2, -0.15) is 0 Å². The summed E-state index contributed by atoms with van der Waals surface area (Å²) in [7, 11) is 1.93. The Bertz CT molecular complexity index is 692. The fourth-order valence-corrected chi connectivity index (χ4v) is 5.28. The van der Waals surface area contributed by atoms with Crippen LogP contribution < -0.4 is 0 Å². The summed E-state index contributed by atoms with van der Waals surface area (Å²) in [6.45, 7) is 6.72. The molecule has 178 valence electrons. The van der Waals surface area contributed by atoms with Gasteiger partial charge in [-0.25, -0.2) is 0 Å². The van der Waals surface area contributed by atoms with Gasteiger partial charge < -0.3 is 14.7 Å². The van der Waals surface area contributed by atoms with Crippen LogP contribution in [0, 0.1) is 5.92 Å². The second-order valence-electron chi connectivity index (χ2n) is 9.77. The van der Waals surface area contributed by atoms with Gasteiger partial charge in [0, 0.05) is 45.1 Å². The Morgan fingerprint density at radius 3 is 2.22 bits per heavy atom. The number of nitrogens with zero attached hydrogens (tertiary/aromatic N) is 3. The van der Waals surface area contributed by atoms with E-state index in [9.17, 15) is 9.59 Å². The van der Waals surface area contributed by atoms with Gasteiger partial charge in [-0.15, -0.1) is 0 Å².